The Labute approximate surface area is 139 Å². The van der Waals surface area contributed by atoms with Crippen molar-refractivity contribution in [1.82, 2.24) is 10.6 Å². The van der Waals surface area contributed by atoms with Crippen LogP contribution in [0.2, 0.25) is 0 Å². The minimum Gasteiger partial charge on any atom is -0.494 e. The average Bonchev–Trinajstić information content (AvgIpc) is 2.99. The summed E-state index contributed by atoms with van der Waals surface area (Å²) in [6.45, 7) is 7.04. The lowest BCUT2D eigenvalue weighted by Gasteiger charge is -2.37. The minimum absolute atomic E-state index is 0.186. The van der Waals surface area contributed by atoms with Gasteiger partial charge in [0.1, 0.15) is 5.75 Å². The van der Waals surface area contributed by atoms with Crippen LogP contribution in [-0.4, -0.2) is 25.6 Å². The molecule has 2 aliphatic rings. The molecule has 2 atom stereocenters. The van der Waals surface area contributed by atoms with Gasteiger partial charge in [0.05, 0.1) is 12.0 Å². The highest BCUT2D eigenvalue weighted by molar-refractivity contribution is 5.84. The predicted octanol–water partition coefficient (Wildman–Crippen LogP) is 2.79. The summed E-state index contributed by atoms with van der Waals surface area (Å²) in [6, 6.07) is 6.18. The van der Waals surface area contributed by atoms with E-state index in [9.17, 15) is 4.79 Å². The monoisotopic (exact) mass is 316 g/mol. The maximum absolute atomic E-state index is 12.9. The van der Waals surface area contributed by atoms with Gasteiger partial charge >= 0.3 is 0 Å². The Morgan fingerprint density at radius 1 is 1.43 bits per heavy atom. The van der Waals surface area contributed by atoms with E-state index >= 15 is 0 Å². The van der Waals surface area contributed by atoms with Crippen LogP contribution in [0.25, 0.3) is 0 Å². The van der Waals surface area contributed by atoms with E-state index in [0.29, 0.717) is 19.1 Å². The molecule has 3 rings (SSSR count). The zero-order valence-electron chi connectivity index (χ0n) is 14.3. The van der Waals surface area contributed by atoms with Gasteiger partial charge in [-0.3, -0.25) is 4.79 Å². The van der Waals surface area contributed by atoms with Crippen molar-refractivity contribution in [1.29, 1.82) is 0 Å². The number of carbonyl (C=O) groups is 1. The fourth-order valence-electron chi connectivity index (χ4n) is 4.14. The Kier molecular flexibility index (Phi) is 4.90. The van der Waals surface area contributed by atoms with Crippen molar-refractivity contribution in [3.63, 3.8) is 0 Å². The smallest absolute Gasteiger partial charge is 0.228 e. The average molecular weight is 316 g/mol. The number of aryl methyl sites for hydroxylation is 1. The van der Waals surface area contributed by atoms with Crippen LogP contribution in [0.5, 0.6) is 5.75 Å². The first-order valence-electron chi connectivity index (χ1n) is 8.87. The van der Waals surface area contributed by atoms with Gasteiger partial charge in [0.15, 0.2) is 0 Å². The summed E-state index contributed by atoms with van der Waals surface area (Å²) in [5.41, 5.74) is 2.05. The number of rotatable bonds is 5. The molecule has 1 saturated carbocycles. The molecule has 126 valence electrons. The number of benzene rings is 1. The van der Waals surface area contributed by atoms with Gasteiger partial charge in [-0.1, -0.05) is 25.0 Å². The maximum atomic E-state index is 12.9. The topological polar surface area (TPSA) is 50.4 Å². The number of ether oxygens (including phenoxy) is 1. The summed E-state index contributed by atoms with van der Waals surface area (Å²) in [6.07, 6.45) is 4.62. The van der Waals surface area contributed by atoms with Crippen molar-refractivity contribution in [3.05, 3.63) is 29.3 Å². The molecular formula is C19H28N2O2. The standard InChI is InChI=1S/C19H28N2O2/c1-3-23-17-10-14(2)7-8-15(17)11-21-18(22)19-9-5-4-6-16(19)12-20-13-19/h7-8,10,16,20H,3-6,9,11-13H2,1-2H3,(H,21,22)/t16-,19+/m0/s1. The van der Waals surface area contributed by atoms with E-state index in [0.717, 1.165) is 30.8 Å². The van der Waals surface area contributed by atoms with Crippen molar-refractivity contribution in [2.75, 3.05) is 19.7 Å². The maximum Gasteiger partial charge on any atom is 0.228 e. The molecule has 1 aromatic carbocycles. The molecule has 2 N–H and O–H groups in total. The van der Waals surface area contributed by atoms with E-state index < -0.39 is 0 Å². The predicted molar refractivity (Wildman–Crippen MR) is 91.5 cm³/mol. The lowest BCUT2D eigenvalue weighted by atomic mass is 9.67. The number of fused-ring (bicyclic) bond motifs is 1. The molecule has 1 aliphatic carbocycles. The third-order valence-corrected chi connectivity index (χ3v) is 5.45. The second-order valence-electron chi connectivity index (χ2n) is 6.96. The number of hydrogen-bond acceptors (Lipinski definition) is 3. The minimum atomic E-state index is -0.186. The van der Waals surface area contributed by atoms with E-state index in [2.05, 4.69) is 29.7 Å². The van der Waals surface area contributed by atoms with Crippen LogP contribution in [0.15, 0.2) is 18.2 Å². The molecule has 1 amide bonds. The Morgan fingerprint density at radius 3 is 3.13 bits per heavy atom. The van der Waals surface area contributed by atoms with Crippen molar-refractivity contribution >= 4 is 5.91 Å². The highest BCUT2D eigenvalue weighted by Crippen LogP contribution is 2.44. The van der Waals surface area contributed by atoms with Crippen LogP contribution in [0.4, 0.5) is 0 Å². The van der Waals surface area contributed by atoms with E-state index in [4.69, 9.17) is 4.74 Å². The first kappa shape index (κ1) is 16.3. The Balaban J connectivity index is 1.69. The third-order valence-electron chi connectivity index (χ3n) is 5.45. The van der Waals surface area contributed by atoms with Gasteiger partial charge in [-0.2, -0.15) is 0 Å². The van der Waals surface area contributed by atoms with Gasteiger partial charge in [0.25, 0.3) is 0 Å². The lowest BCUT2D eigenvalue weighted by Crippen LogP contribution is -2.47. The summed E-state index contributed by atoms with van der Waals surface area (Å²) < 4.78 is 5.72. The number of amides is 1. The number of carbonyl (C=O) groups excluding carboxylic acids is 1. The Bertz CT molecular complexity index is 572. The highest BCUT2D eigenvalue weighted by atomic mass is 16.5. The first-order valence-corrected chi connectivity index (χ1v) is 8.87. The van der Waals surface area contributed by atoms with E-state index in [1.54, 1.807) is 0 Å². The first-order chi connectivity index (χ1) is 11.2. The number of hydrogen-bond donors (Lipinski definition) is 2. The van der Waals surface area contributed by atoms with Crippen LogP contribution in [0.1, 0.15) is 43.7 Å². The van der Waals surface area contributed by atoms with Gasteiger partial charge in [-0.25, -0.2) is 0 Å². The van der Waals surface area contributed by atoms with Crippen molar-refractivity contribution < 1.29 is 9.53 Å². The number of nitrogens with one attached hydrogen (secondary N) is 2. The molecule has 0 bridgehead atoms. The highest BCUT2D eigenvalue weighted by Gasteiger charge is 2.49. The van der Waals surface area contributed by atoms with Gasteiger partial charge in [-0.05, 0) is 50.8 Å². The van der Waals surface area contributed by atoms with Gasteiger partial charge < -0.3 is 15.4 Å². The van der Waals surface area contributed by atoms with Gasteiger partial charge in [-0.15, -0.1) is 0 Å². The van der Waals surface area contributed by atoms with Gasteiger partial charge in [0.2, 0.25) is 5.91 Å². The zero-order chi connectivity index (χ0) is 16.3. The summed E-state index contributed by atoms with van der Waals surface area (Å²) >= 11 is 0. The molecule has 1 aliphatic heterocycles. The molecule has 23 heavy (non-hydrogen) atoms. The molecule has 1 aromatic rings. The normalized spacial score (nSPS) is 26.6. The molecular weight excluding hydrogens is 288 g/mol. The van der Waals surface area contributed by atoms with Crippen LogP contribution in [0.3, 0.4) is 0 Å². The van der Waals surface area contributed by atoms with Crippen molar-refractivity contribution in [3.8, 4) is 5.75 Å². The summed E-state index contributed by atoms with van der Waals surface area (Å²) in [4.78, 5) is 12.9. The van der Waals surface area contributed by atoms with E-state index in [1.165, 1.54) is 24.8 Å². The summed E-state index contributed by atoms with van der Waals surface area (Å²) in [7, 11) is 0. The molecule has 4 nitrogen and oxygen atoms in total. The van der Waals surface area contributed by atoms with Crippen LogP contribution in [0, 0.1) is 18.3 Å². The van der Waals surface area contributed by atoms with E-state index in [-0.39, 0.29) is 11.3 Å². The molecule has 1 saturated heterocycles. The van der Waals surface area contributed by atoms with Crippen LogP contribution < -0.4 is 15.4 Å². The van der Waals surface area contributed by atoms with Gasteiger partial charge in [0, 0.05) is 18.7 Å². The second kappa shape index (κ2) is 6.91. The molecule has 4 heteroatoms. The Morgan fingerprint density at radius 2 is 2.30 bits per heavy atom. The van der Waals surface area contributed by atoms with E-state index in [1.807, 2.05) is 13.0 Å². The fourth-order valence-corrected chi connectivity index (χ4v) is 4.14. The van der Waals surface area contributed by atoms with Crippen LogP contribution >= 0.6 is 0 Å². The van der Waals surface area contributed by atoms with Crippen LogP contribution in [-0.2, 0) is 11.3 Å². The molecule has 1 heterocycles. The summed E-state index contributed by atoms with van der Waals surface area (Å²) in [5.74, 6) is 1.60. The fraction of sp³-hybridized carbons (Fsp3) is 0.632. The molecule has 0 aromatic heterocycles. The quantitative estimate of drug-likeness (QED) is 0.878. The SMILES string of the molecule is CCOc1cc(C)ccc1CNC(=O)[C@@]12CCCC[C@H]1CNC2. The van der Waals surface area contributed by atoms with Crippen molar-refractivity contribution in [2.45, 2.75) is 46.1 Å². The summed E-state index contributed by atoms with van der Waals surface area (Å²) in [5, 5.41) is 6.63. The molecule has 0 unspecified atom stereocenters. The molecule has 2 fully saturated rings. The zero-order valence-corrected chi connectivity index (χ0v) is 14.3. The molecule has 0 spiro atoms. The lowest BCUT2D eigenvalue weighted by molar-refractivity contribution is -0.134. The Hall–Kier alpha value is -1.55. The third kappa shape index (κ3) is 3.23. The molecule has 0 radical (unpaired) electrons. The largest absolute Gasteiger partial charge is 0.494 e. The van der Waals surface area contributed by atoms with Crippen molar-refractivity contribution in [2.24, 2.45) is 11.3 Å². The second-order valence-corrected chi connectivity index (χ2v) is 6.96.